The highest BCUT2D eigenvalue weighted by atomic mass is 19.4. The number of ether oxygens (including phenoxy) is 1. The number of aromatic nitrogens is 2. The van der Waals surface area contributed by atoms with E-state index >= 15 is 0 Å². The van der Waals surface area contributed by atoms with Crippen LogP contribution < -0.4 is 9.64 Å². The Kier molecular flexibility index (Phi) is 6.11. The van der Waals surface area contributed by atoms with E-state index in [2.05, 4.69) is 16.0 Å². The number of aliphatic hydroxyl groups is 1. The molecule has 0 bridgehead atoms. The summed E-state index contributed by atoms with van der Waals surface area (Å²) >= 11 is 0. The van der Waals surface area contributed by atoms with E-state index in [1.54, 1.807) is 67.7 Å². The number of pyridine rings is 1. The summed E-state index contributed by atoms with van der Waals surface area (Å²) in [5, 5.41) is 21.3. The molecule has 9 heteroatoms. The number of rotatable bonds is 7. The number of nitrogens with one attached hydrogen (secondary N) is 1. The molecule has 6 nitrogen and oxygen atoms in total. The first-order valence-corrected chi connectivity index (χ1v) is 12.3. The molecule has 2 unspecified atom stereocenters. The topological polar surface area (TPSA) is 85.2 Å². The predicted octanol–water partition coefficient (Wildman–Crippen LogP) is 6.09. The van der Waals surface area contributed by atoms with Crippen molar-refractivity contribution >= 4 is 16.7 Å². The van der Waals surface area contributed by atoms with Crippen LogP contribution >= 0.6 is 0 Å². The molecule has 2 N–H and O–H groups in total. The van der Waals surface area contributed by atoms with Crippen molar-refractivity contribution in [2.75, 3.05) is 18.5 Å². The van der Waals surface area contributed by atoms with Gasteiger partial charge in [0, 0.05) is 43.1 Å². The molecule has 196 valence electrons. The van der Waals surface area contributed by atoms with Crippen LogP contribution in [-0.2, 0) is 12.0 Å². The van der Waals surface area contributed by atoms with Gasteiger partial charge in [-0.2, -0.15) is 18.4 Å². The van der Waals surface area contributed by atoms with Crippen molar-refractivity contribution in [1.82, 2.24) is 9.97 Å². The van der Waals surface area contributed by atoms with Crippen LogP contribution in [0.2, 0.25) is 0 Å². The molecule has 0 saturated heterocycles. The van der Waals surface area contributed by atoms with Gasteiger partial charge in [0.2, 0.25) is 0 Å². The van der Waals surface area contributed by atoms with Crippen LogP contribution in [0, 0.1) is 11.3 Å². The van der Waals surface area contributed by atoms with Crippen LogP contribution in [0.4, 0.5) is 19.0 Å². The molecule has 0 radical (unpaired) electrons. The highest BCUT2D eigenvalue weighted by Gasteiger charge is 2.59. The Morgan fingerprint density at radius 1 is 1.16 bits per heavy atom. The Balaban J connectivity index is 1.46. The number of nitrogens with zero attached hydrogens (tertiary/aromatic N) is 3. The average Bonchev–Trinajstić information content (AvgIpc) is 3.28. The molecule has 1 aliphatic rings. The summed E-state index contributed by atoms with van der Waals surface area (Å²) in [7, 11) is 1.88. The van der Waals surface area contributed by atoms with Crippen LogP contribution in [0.15, 0.2) is 60.8 Å². The second-order valence-electron chi connectivity index (χ2n) is 10.0. The van der Waals surface area contributed by atoms with Crippen LogP contribution in [0.3, 0.4) is 0 Å². The van der Waals surface area contributed by atoms with Gasteiger partial charge in [0.1, 0.15) is 17.2 Å². The molecule has 38 heavy (non-hydrogen) atoms. The first-order valence-electron chi connectivity index (χ1n) is 12.3. The molecule has 2 aromatic heterocycles. The highest BCUT2D eigenvalue weighted by molar-refractivity contribution is 5.82. The summed E-state index contributed by atoms with van der Waals surface area (Å²) < 4.78 is 49.0. The summed E-state index contributed by atoms with van der Waals surface area (Å²) in [6, 6.07) is 17.8. The number of halogens is 3. The van der Waals surface area contributed by atoms with Crippen molar-refractivity contribution in [3.05, 3.63) is 77.6 Å². The fraction of sp³-hybridized carbons (Fsp3) is 0.310. The van der Waals surface area contributed by atoms with Crippen molar-refractivity contribution in [2.24, 2.45) is 0 Å². The van der Waals surface area contributed by atoms with Crippen molar-refractivity contribution in [2.45, 2.75) is 44.1 Å². The van der Waals surface area contributed by atoms with E-state index in [9.17, 15) is 23.5 Å². The van der Waals surface area contributed by atoms with E-state index in [1.807, 2.05) is 18.9 Å². The molecule has 4 aromatic rings. The zero-order valence-electron chi connectivity index (χ0n) is 21.2. The van der Waals surface area contributed by atoms with Gasteiger partial charge in [-0.25, -0.2) is 4.98 Å². The van der Waals surface area contributed by atoms with Gasteiger partial charge in [0.05, 0.1) is 23.3 Å². The van der Waals surface area contributed by atoms with Crippen LogP contribution in [-0.4, -0.2) is 40.4 Å². The molecule has 1 aliphatic heterocycles. The summed E-state index contributed by atoms with van der Waals surface area (Å²) in [5.41, 5.74) is -1.20. The van der Waals surface area contributed by atoms with E-state index < -0.39 is 30.2 Å². The van der Waals surface area contributed by atoms with Gasteiger partial charge in [0.15, 0.2) is 5.60 Å². The number of aromatic amines is 1. The minimum absolute atomic E-state index is 0.248. The molecular weight excluding hydrogens is 493 g/mol. The smallest absolute Gasteiger partial charge is 0.417 e. The second kappa shape index (κ2) is 9.07. The largest absolute Gasteiger partial charge is 0.482 e. The maximum atomic E-state index is 14.4. The van der Waals surface area contributed by atoms with Crippen molar-refractivity contribution in [3.63, 3.8) is 0 Å². The lowest BCUT2D eigenvalue weighted by Crippen LogP contribution is -2.54. The number of hydrogen-bond donors (Lipinski definition) is 2. The zero-order valence-corrected chi connectivity index (χ0v) is 21.2. The third-order valence-electron chi connectivity index (χ3n) is 7.30. The van der Waals surface area contributed by atoms with Crippen molar-refractivity contribution in [1.29, 1.82) is 5.26 Å². The standard InChI is InChI=1S/C29H27F3N4O2/c1-4-36(3)26-13-20-11-21(35-24(20)16-34-26)14-28(37,29(30,31)32)17-27(2)23-12-18(9-10-25(23)38-27)22-8-6-5-7-19(22)15-33/h5-13,16,35,37H,4,14,17H2,1-3H3. The molecular formula is C29H27F3N4O2. The fourth-order valence-corrected chi connectivity index (χ4v) is 5.10. The van der Waals surface area contributed by atoms with Crippen molar-refractivity contribution < 1.29 is 23.0 Å². The number of nitriles is 1. The lowest BCUT2D eigenvalue weighted by molar-refractivity contribution is -0.276. The molecule has 0 aliphatic carbocycles. The molecule has 2 atom stereocenters. The number of alkyl halides is 3. The Bertz CT molecular complexity index is 1560. The molecule has 0 spiro atoms. The third kappa shape index (κ3) is 4.35. The normalized spacial score (nSPS) is 18.2. The Morgan fingerprint density at radius 2 is 1.92 bits per heavy atom. The molecule has 2 aromatic carbocycles. The molecule has 0 saturated carbocycles. The average molecular weight is 521 g/mol. The van der Waals surface area contributed by atoms with Gasteiger partial charge in [-0.3, -0.25) is 0 Å². The maximum Gasteiger partial charge on any atom is 0.417 e. The lowest BCUT2D eigenvalue weighted by Gasteiger charge is -2.46. The van der Waals surface area contributed by atoms with Gasteiger partial charge in [-0.05, 0) is 55.3 Å². The molecule has 0 amide bonds. The number of H-pyrrole nitrogens is 1. The van der Waals surface area contributed by atoms with Gasteiger partial charge >= 0.3 is 6.18 Å². The Hall–Kier alpha value is -4.03. The number of hydrogen-bond acceptors (Lipinski definition) is 5. The van der Waals surface area contributed by atoms with Crippen LogP contribution in [0.1, 0.15) is 37.1 Å². The second-order valence-corrected chi connectivity index (χ2v) is 10.0. The highest BCUT2D eigenvalue weighted by Crippen LogP contribution is 2.52. The number of anilines is 1. The fourth-order valence-electron chi connectivity index (χ4n) is 5.10. The van der Waals surface area contributed by atoms with Crippen LogP contribution in [0.5, 0.6) is 5.75 Å². The van der Waals surface area contributed by atoms with Gasteiger partial charge in [-0.15, -0.1) is 0 Å². The first-order chi connectivity index (χ1) is 18.0. The van der Waals surface area contributed by atoms with E-state index in [0.717, 1.165) is 6.54 Å². The Labute approximate surface area is 218 Å². The molecule has 3 heterocycles. The maximum absolute atomic E-state index is 14.4. The molecule has 5 rings (SSSR count). The quantitative estimate of drug-likeness (QED) is 0.308. The predicted molar refractivity (Wildman–Crippen MR) is 139 cm³/mol. The summed E-state index contributed by atoms with van der Waals surface area (Å²) in [4.78, 5) is 9.26. The van der Waals surface area contributed by atoms with Gasteiger partial charge in [0.25, 0.3) is 0 Å². The minimum atomic E-state index is -4.91. The monoisotopic (exact) mass is 520 g/mol. The first kappa shape index (κ1) is 25.6. The van der Waals surface area contributed by atoms with E-state index in [0.29, 0.717) is 44.7 Å². The summed E-state index contributed by atoms with van der Waals surface area (Å²) in [5.74, 6) is 1.16. The lowest BCUT2D eigenvalue weighted by atomic mass is 9.76. The molecule has 0 fully saturated rings. The van der Waals surface area contributed by atoms with E-state index in [1.165, 1.54) is 0 Å². The summed E-state index contributed by atoms with van der Waals surface area (Å²) in [6.07, 6.45) is -4.70. The summed E-state index contributed by atoms with van der Waals surface area (Å²) in [6.45, 7) is 4.26. The van der Waals surface area contributed by atoms with Gasteiger partial charge < -0.3 is 19.7 Å². The number of fused-ring (bicyclic) bond motifs is 2. The van der Waals surface area contributed by atoms with Crippen molar-refractivity contribution in [3.8, 4) is 22.9 Å². The Morgan fingerprint density at radius 3 is 2.63 bits per heavy atom. The number of benzene rings is 2. The van der Waals surface area contributed by atoms with Gasteiger partial charge in [-0.1, -0.05) is 24.3 Å². The van der Waals surface area contributed by atoms with E-state index in [-0.39, 0.29) is 5.69 Å². The zero-order chi connectivity index (χ0) is 27.3. The third-order valence-corrected chi connectivity index (χ3v) is 7.30. The SMILES string of the molecule is CCN(C)c1cc2cc(CC(O)(CC3(C)Oc4ccc(-c5ccccc5C#N)cc43)C(F)(F)F)[nH]c2cn1. The minimum Gasteiger partial charge on any atom is -0.482 e. The van der Waals surface area contributed by atoms with E-state index in [4.69, 9.17) is 4.74 Å². The van der Waals surface area contributed by atoms with Crippen LogP contribution in [0.25, 0.3) is 22.0 Å².